The first-order valence-electron chi connectivity index (χ1n) is 11.9. The molecule has 0 amide bonds. The molecule has 33 heavy (non-hydrogen) atoms. The number of rotatable bonds is 3. The fraction of sp³-hybridized carbons (Fsp3) is 0.161. The highest BCUT2D eigenvalue weighted by atomic mass is 15.4. The van der Waals surface area contributed by atoms with Crippen molar-refractivity contribution in [2.24, 2.45) is 0 Å². The predicted molar refractivity (Wildman–Crippen MR) is 137 cm³/mol. The van der Waals surface area contributed by atoms with Crippen molar-refractivity contribution in [1.82, 2.24) is 4.90 Å². The van der Waals surface area contributed by atoms with Gasteiger partial charge < -0.3 is 4.90 Å². The minimum atomic E-state index is 0.239. The molecular weight excluding hydrogens is 400 g/mol. The van der Waals surface area contributed by atoms with Crippen molar-refractivity contribution >= 4 is 27.2 Å². The molecule has 0 spiro atoms. The minimum absolute atomic E-state index is 0.239. The Labute approximate surface area is 194 Å². The second kappa shape index (κ2) is 7.47. The highest BCUT2D eigenvalue weighted by molar-refractivity contribution is 6.14. The van der Waals surface area contributed by atoms with Crippen molar-refractivity contribution < 1.29 is 0 Å². The summed E-state index contributed by atoms with van der Waals surface area (Å²) in [7, 11) is 0. The Kier molecular flexibility index (Phi) is 4.28. The molecule has 160 valence electrons. The van der Waals surface area contributed by atoms with Crippen molar-refractivity contribution in [3.63, 3.8) is 0 Å². The molecule has 5 aromatic carbocycles. The van der Waals surface area contributed by atoms with E-state index in [1.807, 2.05) is 0 Å². The van der Waals surface area contributed by atoms with Crippen LogP contribution in [0.25, 0.3) is 21.5 Å². The lowest BCUT2D eigenvalue weighted by molar-refractivity contribution is 0.176. The van der Waals surface area contributed by atoms with E-state index in [1.54, 1.807) is 0 Å². The van der Waals surface area contributed by atoms with Gasteiger partial charge in [-0.05, 0) is 57.0 Å². The average Bonchev–Trinajstić information content (AvgIpc) is 3.18. The van der Waals surface area contributed by atoms with Crippen LogP contribution in [0.1, 0.15) is 28.4 Å². The van der Waals surface area contributed by atoms with Crippen LogP contribution in [0.2, 0.25) is 0 Å². The van der Waals surface area contributed by atoms with Crippen molar-refractivity contribution in [2.75, 3.05) is 11.4 Å². The molecule has 0 radical (unpaired) electrons. The van der Waals surface area contributed by atoms with Gasteiger partial charge in [-0.1, -0.05) is 91.0 Å². The van der Waals surface area contributed by atoms with Gasteiger partial charge in [-0.25, -0.2) is 0 Å². The number of hydrogen-bond donors (Lipinski definition) is 0. The van der Waals surface area contributed by atoms with Crippen LogP contribution in [0.3, 0.4) is 0 Å². The molecule has 0 aliphatic carbocycles. The summed E-state index contributed by atoms with van der Waals surface area (Å²) in [4.78, 5) is 5.33. The predicted octanol–water partition coefficient (Wildman–Crippen LogP) is 7.07. The zero-order chi connectivity index (χ0) is 21.8. The molecular formula is C31H26N2. The van der Waals surface area contributed by atoms with E-state index < -0.39 is 0 Å². The maximum atomic E-state index is 2.69. The molecule has 2 nitrogen and oxygen atoms in total. The Morgan fingerprint density at radius 3 is 2.36 bits per heavy atom. The van der Waals surface area contributed by atoms with Crippen LogP contribution < -0.4 is 4.90 Å². The lowest BCUT2D eigenvalue weighted by atomic mass is 9.95. The van der Waals surface area contributed by atoms with Crippen molar-refractivity contribution in [2.45, 2.75) is 25.7 Å². The number of fused-ring (bicyclic) bond motifs is 3. The molecule has 2 heteroatoms. The molecule has 5 aromatic rings. The van der Waals surface area contributed by atoms with Gasteiger partial charge in [-0.3, -0.25) is 4.90 Å². The number of nitrogens with zero attached hydrogens (tertiary/aromatic N) is 2. The normalized spacial score (nSPS) is 17.6. The van der Waals surface area contributed by atoms with E-state index in [9.17, 15) is 0 Å². The first kappa shape index (κ1) is 18.9. The Morgan fingerprint density at radius 2 is 1.45 bits per heavy atom. The monoisotopic (exact) mass is 426 g/mol. The average molecular weight is 427 g/mol. The molecule has 1 unspecified atom stereocenters. The first-order chi connectivity index (χ1) is 16.4. The second-order valence-corrected chi connectivity index (χ2v) is 9.36. The highest BCUT2D eigenvalue weighted by Crippen LogP contribution is 2.49. The molecule has 2 aliphatic heterocycles. The van der Waals surface area contributed by atoms with Gasteiger partial charge in [0.05, 0.1) is 0 Å². The third kappa shape index (κ3) is 2.98. The van der Waals surface area contributed by atoms with E-state index in [2.05, 4.69) is 113 Å². The quantitative estimate of drug-likeness (QED) is 0.285. The van der Waals surface area contributed by atoms with E-state index in [1.165, 1.54) is 49.5 Å². The summed E-state index contributed by atoms with van der Waals surface area (Å²) in [6.45, 7) is 2.98. The Morgan fingerprint density at radius 1 is 0.697 bits per heavy atom. The van der Waals surface area contributed by atoms with Gasteiger partial charge in [0.15, 0.2) is 0 Å². The van der Waals surface area contributed by atoms with Crippen LogP contribution in [0.15, 0.2) is 103 Å². The van der Waals surface area contributed by atoms with Crippen molar-refractivity contribution in [3.05, 3.63) is 125 Å². The molecule has 0 aromatic heterocycles. The van der Waals surface area contributed by atoms with E-state index in [4.69, 9.17) is 0 Å². The Hall–Kier alpha value is -3.62. The molecule has 2 aliphatic rings. The summed E-state index contributed by atoms with van der Waals surface area (Å²) >= 11 is 0. The van der Waals surface area contributed by atoms with E-state index in [-0.39, 0.29) is 6.17 Å². The molecule has 0 saturated carbocycles. The first-order valence-corrected chi connectivity index (χ1v) is 11.9. The zero-order valence-electron chi connectivity index (χ0n) is 18.6. The van der Waals surface area contributed by atoms with Gasteiger partial charge in [0.2, 0.25) is 0 Å². The van der Waals surface area contributed by atoms with E-state index in [0.717, 1.165) is 26.1 Å². The van der Waals surface area contributed by atoms with Crippen LogP contribution in [-0.4, -0.2) is 11.4 Å². The summed E-state index contributed by atoms with van der Waals surface area (Å²) in [5.74, 6) is 0. The largest absolute Gasteiger partial charge is 0.347 e. The summed E-state index contributed by atoms with van der Waals surface area (Å²) in [5, 5.41) is 5.48. The molecule has 7 rings (SSSR count). The molecule has 0 fully saturated rings. The third-order valence-electron chi connectivity index (χ3n) is 7.48. The number of benzene rings is 5. The lowest BCUT2D eigenvalue weighted by Crippen LogP contribution is -2.41. The van der Waals surface area contributed by atoms with Gasteiger partial charge in [0.1, 0.15) is 6.17 Å². The Bertz CT molecular complexity index is 1490. The third-order valence-corrected chi connectivity index (χ3v) is 7.48. The maximum Gasteiger partial charge on any atom is 0.110 e. The summed E-state index contributed by atoms with van der Waals surface area (Å²) in [6, 6.07) is 38.0. The summed E-state index contributed by atoms with van der Waals surface area (Å²) < 4.78 is 0. The Balaban J connectivity index is 1.42. The molecule has 0 bridgehead atoms. The molecule has 0 saturated heterocycles. The highest BCUT2D eigenvalue weighted by Gasteiger charge is 2.37. The van der Waals surface area contributed by atoms with Crippen LogP contribution in [0.5, 0.6) is 0 Å². The number of anilines is 1. The van der Waals surface area contributed by atoms with E-state index >= 15 is 0 Å². The SMILES string of the molecule is c1ccc(CN2c3cccc4c3c(cc3ccccc34)C2N2CCc3ccccc3C2)cc1. The molecule has 2 heterocycles. The van der Waals surface area contributed by atoms with Crippen LogP contribution in [-0.2, 0) is 19.5 Å². The van der Waals surface area contributed by atoms with Gasteiger partial charge in [-0.15, -0.1) is 0 Å². The minimum Gasteiger partial charge on any atom is -0.347 e. The van der Waals surface area contributed by atoms with Crippen LogP contribution >= 0.6 is 0 Å². The smallest absolute Gasteiger partial charge is 0.110 e. The van der Waals surface area contributed by atoms with Crippen molar-refractivity contribution in [3.8, 4) is 0 Å². The van der Waals surface area contributed by atoms with Crippen LogP contribution in [0, 0.1) is 0 Å². The van der Waals surface area contributed by atoms with Gasteiger partial charge in [-0.2, -0.15) is 0 Å². The summed E-state index contributed by atoms with van der Waals surface area (Å²) in [6.07, 6.45) is 1.35. The molecule has 0 N–H and O–H groups in total. The summed E-state index contributed by atoms with van der Waals surface area (Å²) in [5.41, 5.74) is 7.14. The topological polar surface area (TPSA) is 6.48 Å². The van der Waals surface area contributed by atoms with Gasteiger partial charge in [0, 0.05) is 30.7 Å². The fourth-order valence-electron chi connectivity index (χ4n) is 5.99. The zero-order valence-corrected chi connectivity index (χ0v) is 18.6. The van der Waals surface area contributed by atoms with E-state index in [0.29, 0.717) is 0 Å². The fourth-order valence-corrected chi connectivity index (χ4v) is 5.99. The second-order valence-electron chi connectivity index (χ2n) is 9.36. The standard InChI is InChI=1S/C31H26N2/c1-2-9-22(10-3-1)20-33-29-16-8-15-27-26-14-7-6-12-24(26)19-28(30(27)29)31(33)32-18-17-23-11-4-5-13-25(23)21-32/h1-16,19,31H,17-18,20-21H2. The van der Waals surface area contributed by atoms with Gasteiger partial charge >= 0.3 is 0 Å². The van der Waals surface area contributed by atoms with Crippen molar-refractivity contribution in [1.29, 1.82) is 0 Å². The lowest BCUT2D eigenvalue weighted by Gasteiger charge is -2.40. The number of hydrogen-bond acceptors (Lipinski definition) is 2. The van der Waals surface area contributed by atoms with Crippen LogP contribution in [0.4, 0.5) is 5.69 Å². The van der Waals surface area contributed by atoms with Gasteiger partial charge in [0.25, 0.3) is 0 Å². The maximum absolute atomic E-state index is 2.69. The molecule has 1 atom stereocenters.